The fourth-order valence-electron chi connectivity index (χ4n) is 2.17. The number of halogens is 1. The number of rotatable bonds is 4. The van der Waals surface area contributed by atoms with Gasteiger partial charge in [-0.1, -0.05) is 31.2 Å². The van der Waals surface area contributed by atoms with E-state index in [4.69, 9.17) is 4.74 Å². The number of aliphatic hydroxyl groups is 1. The standard InChI is InChI=1S/C16H17FO2/c1-3-16(18,12-4-8-14(17)9-5-12)13-6-10-15(19-2)11-7-13/h4-11,18H,3H2,1-2H3/t16-/m1/s1. The third-order valence-electron chi connectivity index (χ3n) is 3.40. The van der Waals surface area contributed by atoms with Gasteiger partial charge in [0.15, 0.2) is 0 Å². The lowest BCUT2D eigenvalue weighted by molar-refractivity contribution is 0.0764. The topological polar surface area (TPSA) is 29.5 Å². The molecule has 0 aliphatic heterocycles. The molecule has 0 spiro atoms. The third-order valence-corrected chi connectivity index (χ3v) is 3.40. The van der Waals surface area contributed by atoms with E-state index in [-0.39, 0.29) is 5.82 Å². The molecular formula is C16H17FO2. The van der Waals surface area contributed by atoms with E-state index >= 15 is 0 Å². The van der Waals surface area contributed by atoms with Crippen LogP contribution in [0.15, 0.2) is 48.5 Å². The van der Waals surface area contributed by atoms with Gasteiger partial charge in [-0.3, -0.25) is 0 Å². The largest absolute Gasteiger partial charge is 0.497 e. The average Bonchev–Trinajstić information content (AvgIpc) is 2.47. The molecule has 0 amide bonds. The Morgan fingerprint density at radius 2 is 1.47 bits per heavy atom. The second-order valence-corrected chi connectivity index (χ2v) is 4.45. The first-order valence-electron chi connectivity index (χ1n) is 6.23. The molecule has 0 radical (unpaired) electrons. The SMILES string of the molecule is CC[C@@](O)(c1ccc(F)cc1)c1ccc(OC)cc1. The minimum Gasteiger partial charge on any atom is -0.497 e. The van der Waals surface area contributed by atoms with Crippen LogP contribution in [0.25, 0.3) is 0 Å². The van der Waals surface area contributed by atoms with Gasteiger partial charge >= 0.3 is 0 Å². The van der Waals surface area contributed by atoms with Gasteiger partial charge in [0.05, 0.1) is 7.11 Å². The lowest BCUT2D eigenvalue weighted by Crippen LogP contribution is -2.26. The maximum Gasteiger partial charge on any atom is 0.123 e. The van der Waals surface area contributed by atoms with Crippen molar-refractivity contribution in [1.82, 2.24) is 0 Å². The first-order chi connectivity index (χ1) is 9.10. The summed E-state index contributed by atoms with van der Waals surface area (Å²) in [7, 11) is 1.60. The normalized spacial score (nSPS) is 13.9. The summed E-state index contributed by atoms with van der Waals surface area (Å²) in [6.45, 7) is 1.90. The molecule has 0 heterocycles. The zero-order chi connectivity index (χ0) is 13.9. The van der Waals surface area contributed by atoms with Crippen molar-refractivity contribution in [3.8, 4) is 5.75 Å². The highest BCUT2D eigenvalue weighted by molar-refractivity contribution is 5.38. The molecular weight excluding hydrogens is 243 g/mol. The van der Waals surface area contributed by atoms with E-state index < -0.39 is 5.60 Å². The minimum atomic E-state index is -1.11. The fourth-order valence-corrected chi connectivity index (χ4v) is 2.17. The maximum atomic E-state index is 13.0. The van der Waals surface area contributed by atoms with E-state index in [2.05, 4.69) is 0 Å². The lowest BCUT2D eigenvalue weighted by Gasteiger charge is -2.28. The van der Waals surface area contributed by atoms with Gasteiger partial charge in [0.25, 0.3) is 0 Å². The molecule has 2 aromatic rings. The van der Waals surface area contributed by atoms with Crippen molar-refractivity contribution in [3.63, 3.8) is 0 Å². The Morgan fingerprint density at radius 3 is 1.89 bits per heavy atom. The molecule has 0 bridgehead atoms. The summed E-state index contributed by atoms with van der Waals surface area (Å²) in [6, 6.07) is 13.2. The van der Waals surface area contributed by atoms with E-state index in [1.54, 1.807) is 31.4 Å². The third kappa shape index (κ3) is 2.61. The molecule has 0 fully saturated rings. The lowest BCUT2D eigenvalue weighted by atomic mass is 9.84. The molecule has 2 nitrogen and oxygen atoms in total. The van der Waals surface area contributed by atoms with Gasteiger partial charge in [0.1, 0.15) is 17.2 Å². The molecule has 2 aromatic carbocycles. The highest BCUT2D eigenvalue weighted by Crippen LogP contribution is 2.33. The smallest absolute Gasteiger partial charge is 0.123 e. The van der Waals surface area contributed by atoms with Crippen molar-refractivity contribution in [3.05, 3.63) is 65.5 Å². The molecule has 0 aliphatic carbocycles. The van der Waals surface area contributed by atoms with E-state index in [0.29, 0.717) is 12.0 Å². The van der Waals surface area contributed by atoms with Crippen molar-refractivity contribution >= 4 is 0 Å². The Hall–Kier alpha value is -1.87. The summed E-state index contributed by atoms with van der Waals surface area (Å²) in [5.74, 6) is 0.429. The van der Waals surface area contributed by atoms with E-state index in [9.17, 15) is 9.50 Å². The summed E-state index contributed by atoms with van der Waals surface area (Å²) >= 11 is 0. The van der Waals surface area contributed by atoms with Crippen LogP contribution >= 0.6 is 0 Å². The molecule has 0 saturated heterocycles. The molecule has 1 N–H and O–H groups in total. The van der Waals surface area contributed by atoms with Crippen LogP contribution in [0.1, 0.15) is 24.5 Å². The minimum absolute atomic E-state index is 0.308. The monoisotopic (exact) mass is 260 g/mol. The molecule has 19 heavy (non-hydrogen) atoms. The first-order valence-corrected chi connectivity index (χ1v) is 6.23. The molecule has 3 heteroatoms. The van der Waals surface area contributed by atoms with Crippen LogP contribution < -0.4 is 4.74 Å². The fraction of sp³-hybridized carbons (Fsp3) is 0.250. The van der Waals surface area contributed by atoms with Gasteiger partial charge in [-0.2, -0.15) is 0 Å². The Bertz CT molecular complexity index is 534. The maximum absolute atomic E-state index is 13.0. The summed E-state index contributed by atoms with van der Waals surface area (Å²) in [6.07, 6.45) is 0.505. The summed E-state index contributed by atoms with van der Waals surface area (Å²) in [4.78, 5) is 0. The van der Waals surface area contributed by atoms with Gasteiger partial charge in [0.2, 0.25) is 0 Å². The van der Waals surface area contributed by atoms with Crippen LogP contribution in [-0.4, -0.2) is 12.2 Å². The second kappa shape index (κ2) is 5.41. The number of ether oxygens (including phenoxy) is 1. The van der Waals surface area contributed by atoms with Crippen LogP contribution in [0.2, 0.25) is 0 Å². The molecule has 0 aliphatic rings. The summed E-state index contributed by atoms with van der Waals surface area (Å²) < 4.78 is 18.1. The zero-order valence-electron chi connectivity index (χ0n) is 11.1. The Labute approximate surface area is 112 Å². The molecule has 0 aromatic heterocycles. The van der Waals surface area contributed by atoms with Crippen molar-refractivity contribution in [2.24, 2.45) is 0 Å². The van der Waals surface area contributed by atoms with Gasteiger partial charge < -0.3 is 9.84 Å². The zero-order valence-corrected chi connectivity index (χ0v) is 11.1. The van der Waals surface area contributed by atoms with Crippen LogP contribution in [-0.2, 0) is 5.60 Å². The van der Waals surface area contributed by atoms with Gasteiger partial charge in [0, 0.05) is 0 Å². The molecule has 1 atom stereocenters. The Morgan fingerprint density at radius 1 is 1.00 bits per heavy atom. The van der Waals surface area contributed by atoms with E-state index in [1.165, 1.54) is 12.1 Å². The number of hydrogen-bond donors (Lipinski definition) is 1. The summed E-state index contributed by atoms with van der Waals surface area (Å²) in [5.41, 5.74) is 0.337. The predicted octanol–water partition coefficient (Wildman–Crippen LogP) is 3.48. The molecule has 2 rings (SSSR count). The van der Waals surface area contributed by atoms with Gasteiger partial charge in [-0.05, 0) is 41.8 Å². The van der Waals surface area contributed by atoms with Crippen LogP contribution in [0.3, 0.4) is 0 Å². The van der Waals surface area contributed by atoms with Crippen molar-refractivity contribution in [1.29, 1.82) is 0 Å². The van der Waals surface area contributed by atoms with Gasteiger partial charge in [-0.15, -0.1) is 0 Å². The Balaban J connectivity index is 2.43. The second-order valence-electron chi connectivity index (χ2n) is 4.45. The van der Waals surface area contributed by atoms with Crippen LogP contribution in [0.4, 0.5) is 4.39 Å². The van der Waals surface area contributed by atoms with Gasteiger partial charge in [-0.25, -0.2) is 4.39 Å². The number of benzene rings is 2. The highest BCUT2D eigenvalue weighted by Gasteiger charge is 2.29. The summed E-state index contributed by atoms with van der Waals surface area (Å²) in [5, 5.41) is 10.9. The van der Waals surface area contributed by atoms with E-state index in [0.717, 1.165) is 11.3 Å². The van der Waals surface area contributed by atoms with Crippen LogP contribution in [0.5, 0.6) is 5.75 Å². The van der Waals surface area contributed by atoms with Crippen molar-refractivity contribution < 1.29 is 14.2 Å². The quantitative estimate of drug-likeness (QED) is 0.912. The average molecular weight is 260 g/mol. The molecule has 0 unspecified atom stereocenters. The Kier molecular flexibility index (Phi) is 3.86. The number of methoxy groups -OCH3 is 1. The molecule has 100 valence electrons. The predicted molar refractivity (Wildman–Crippen MR) is 72.7 cm³/mol. The molecule has 0 saturated carbocycles. The van der Waals surface area contributed by atoms with Crippen molar-refractivity contribution in [2.45, 2.75) is 18.9 Å². The van der Waals surface area contributed by atoms with Crippen molar-refractivity contribution in [2.75, 3.05) is 7.11 Å². The highest BCUT2D eigenvalue weighted by atomic mass is 19.1. The van der Waals surface area contributed by atoms with E-state index in [1.807, 2.05) is 19.1 Å². The first kappa shape index (κ1) is 13.6. The number of hydrogen-bond acceptors (Lipinski definition) is 2. The van der Waals surface area contributed by atoms with Crippen LogP contribution in [0, 0.1) is 5.82 Å².